The molecule has 0 aromatic heterocycles. The molecule has 1 aliphatic heterocycles. The number of rotatable bonds is 3. The maximum atomic E-state index is 11.9. The number of hydrogen-bond acceptors (Lipinski definition) is 3. The van der Waals surface area contributed by atoms with Crippen molar-refractivity contribution in [2.45, 2.75) is 19.9 Å². The lowest BCUT2D eigenvalue weighted by atomic mass is 10.1. The number of ether oxygens (including phenoxy) is 1. The average molecular weight is 273 g/mol. The van der Waals surface area contributed by atoms with Crippen molar-refractivity contribution in [1.29, 1.82) is 0 Å². The van der Waals surface area contributed by atoms with Gasteiger partial charge in [-0.1, -0.05) is 18.8 Å². The minimum atomic E-state index is -0.163. The Kier molecular flexibility index (Phi) is 4.65. The lowest BCUT2D eigenvalue weighted by molar-refractivity contribution is -0.128. The van der Waals surface area contributed by atoms with E-state index >= 15 is 0 Å². The number of carbonyl (C=O) groups is 1. The van der Waals surface area contributed by atoms with Gasteiger partial charge in [0.05, 0.1) is 7.11 Å². The van der Waals surface area contributed by atoms with Crippen LogP contribution in [0, 0.1) is 17.8 Å². The molecule has 1 saturated heterocycles. The average Bonchev–Trinajstić information content (AvgIpc) is 2.75. The first-order valence-electron chi connectivity index (χ1n) is 6.68. The monoisotopic (exact) mass is 273 g/mol. The van der Waals surface area contributed by atoms with Gasteiger partial charge in [0.1, 0.15) is 12.4 Å². The molecule has 4 nitrogen and oxygen atoms in total. The van der Waals surface area contributed by atoms with E-state index in [2.05, 4.69) is 18.8 Å². The van der Waals surface area contributed by atoms with Gasteiger partial charge < -0.3 is 14.7 Å². The molecule has 20 heavy (non-hydrogen) atoms. The van der Waals surface area contributed by atoms with Crippen molar-refractivity contribution in [2.75, 3.05) is 20.3 Å². The van der Waals surface area contributed by atoms with E-state index in [1.165, 1.54) is 0 Å². The molecule has 1 aromatic carbocycles. The van der Waals surface area contributed by atoms with Crippen molar-refractivity contribution in [1.82, 2.24) is 4.90 Å². The van der Waals surface area contributed by atoms with Gasteiger partial charge in [-0.2, -0.15) is 0 Å². The van der Waals surface area contributed by atoms with Gasteiger partial charge in [-0.05, 0) is 24.1 Å². The first-order chi connectivity index (χ1) is 9.63. The highest BCUT2D eigenvalue weighted by molar-refractivity contribution is 5.78. The normalized spacial score (nSPS) is 17.9. The predicted octanol–water partition coefficient (Wildman–Crippen LogP) is 1.41. The van der Waals surface area contributed by atoms with Gasteiger partial charge in [-0.25, -0.2) is 0 Å². The Hall–Kier alpha value is -1.99. The van der Waals surface area contributed by atoms with E-state index in [0.717, 1.165) is 23.4 Å². The highest BCUT2D eigenvalue weighted by Gasteiger charge is 2.26. The van der Waals surface area contributed by atoms with Crippen molar-refractivity contribution in [3.05, 3.63) is 29.3 Å². The predicted molar refractivity (Wildman–Crippen MR) is 76.2 cm³/mol. The molecule has 106 valence electrons. The molecule has 1 atom stereocenters. The van der Waals surface area contributed by atoms with E-state index in [4.69, 9.17) is 9.84 Å². The third-order valence-electron chi connectivity index (χ3n) is 3.36. The Morgan fingerprint density at radius 2 is 2.30 bits per heavy atom. The molecule has 1 amide bonds. The van der Waals surface area contributed by atoms with Gasteiger partial charge in [0.2, 0.25) is 5.91 Å². The lowest BCUT2D eigenvalue weighted by Gasteiger charge is -2.18. The van der Waals surface area contributed by atoms with Crippen LogP contribution >= 0.6 is 0 Å². The molecule has 0 aliphatic carbocycles. The van der Waals surface area contributed by atoms with Crippen LogP contribution in [0.15, 0.2) is 18.2 Å². The summed E-state index contributed by atoms with van der Waals surface area (Å²) in [4.78, 5) is 13.7. The second kappa shape index (κ2) is 6.44. The maximum Gasteiger partial charge on any atom is 0.223 e. The third-order valence-corrected chi connectivity index (χ3v) is 3.36. The van der Waals surface area contributed by atoms with E-state index < -0.39 is 0 Å². The fourth-order valence-corrected chi connectivity index (χ4v) is 2.45. The second-order valence-electron chi connectivity index (χ2n) is 5.07. The summed E-state index contributed by atoms with van der Waals surface area (Å²) in [6.07, 6.45) is 0.617. The van der Waals surface area contributed by atoms with Gasteiger partial charge >= 0.3 is 0 Å². The fourth-order valence-electron chi connectivity index (χ4n) is 2.45. The first-order valence-corrected chi connectivity index (χ1v) is 6.68. The van der Waals surface area contributed by atoms with Crippen LogP contribution < -0.4 is 4.74 Å². The van der Waals surface area contributed by atoms with Crippen LogP contribution in [0.4, 0.5) is 0 Å². The number of likely N-dealkylation sites (tertiary alicyclic amines) is 1. The SMILES string of the molecule is COc1ccc(C#CCO)cc1CN1CC(C)CC1=O. The van der Waals surface area contributed by atoms with E-state index in [-0.39, 0.29) is 12.5 Å². The lowest BCUT2D eigenvalue weighted by Crippen LogP contribution is -2.24. The number of methoxy groups -OCH3 is 1. The Bertz CT molecular complexity index is 557. The van der Waals surface area contributed by atoms with Gasteiger partial charge in [0.15, 0.2) is 0 Å². The number of aliphatic hydroxyl groups is 1. The zero-order valence-corrected chi connectivity index (χ0v) is 11.8. The molecule has 1 fully saturated rings. The molecular formula is C16H19NO3. The summed E-state index contributed by atoms with van der Waals surface area (Å²) in [7, 11) is 1.62. The second-order valence-corrected chi connectivity index (χ2v) is 5.07. The number of nitrogens with zero attached hydrogens (tertiary/aromatic N) is 1. The number of aliphatic hydroxyl groups excluding tert-OH is 1. The Morgan fingerprint density at radius 1 is 1.50 bits per heavy atom. The van der Waals surface area contributed by atoms with Crippen molar-refractivity contribution < 1.29 is 14.6 Å². The molecule has 0 bridgehead atoms. The minimum absolute atomic E-state index is 0.163. The molecular weight excluding hydrogens is 254 g/mol. The molecule has 0 radical (unpaired) electrons. The third kappa shape index (κ3) is 3.31. The van der Waals surface area contributed by atoms with Crippen LogP contribution in [0.2, 0.25) is 0 Å². The van der Waals surface area contributed by atoms with Gasteiger partial charge in [-0.3, -0.25) is 4.79 Å². The molecule has 1 aliphatic rings. The zero-order chi connectivity index (χ0) is 14.5. The topological polar surface area (TPSA) is 49.8 Å². The van der Waals surface area contributed by atoms with Crippen LogP contribution in [-0.2, 0) is 11.3 Å². The van der Waals surface area contributed by atoms with Gasteiger partial charge in [0, 0.05) is 30.6 Å². The van der Waals surface area contributed by atoms with Gasteiger partial charge in [-0.15, -0.1) is 0 Å². The summed E-state index contributed by atoms with van der Waals surface area (Å²) in [5.74, 6) is 6.85. The number of amides is 1. The van der Waals surface area contributed by atoms with Crippen molar-refractivity contribution >= 4 is 5.91 Å². The molecule has 1 N–H and O–H groups in total. The number of carbonyl (C=O) groups excluding carboxylic acids is 1. The summed E-state index contributed by atoms with van der Waals surface area (Å²) in [5, 5.41) is 8.74. The molecule has 1 unspecified atom stereocenters. The Balaban J connectivity index is 2.22. The van der Waals surface area contributed by atoms with Crippen LogP contribution in [0.25, 0.3) is 0 Å². The van der Waals surface area contributed by atoms with Crippen molar-refractivity contribution in [3.63, 3.8) is 0 Å². The van der Waals surface area contributed by atoms with Crippen LogP contribution in [0.3, 0.4) is 0 Å². The minimum Gasteiger partial charge on any atom is -0.496 e. The van der Waals surface area contributed by atoms with Crippen LogP contribution in [0.1, 0.15) is 24.5 Å². The highest BCUT2D eigenvalue weighted by Crippen LogP contribution is 2.25. The largest absolute Gasteiger partial charge is 0.496 e. The molecule has 1 heterocycles. The van der Waals surface area contributed by atoms with Crippen molar-refractivity contribution in [2.24, 2.45) is 5.92 Å². The molecule has 2 rings (SSSR count). The number of benzene rings is 1. The van der Waals surface area contributed by atoms with E-state index in [1.807, 2.05) is 23.1 Å². The number of hydrogen-bond donors (Lipinski definition) is 1. The quantitative estimate of drug-likeness (QED) is 0.847. The molecule has 0 spiro atoms. The van der Waals surface area contributed by atoms with E-state index in [9.17, 15) is 4.79 Å². The van der Waals surface area contributed by atoms with Crippen molar-refractivity contribution in [3.8, 4) is 17.6 Å². The molecule has 4 heteroatoms. The standard InChI is InChI=1S/C16H19NO3/c1-12-8-16(19)17(10-12)11-14-9-13(4-3-7-18)5-6-15(14)20-2/h5-6,9,12,18H,7-8,10-11H2,1-2H3. The summed E-state index contributed by atoms with van der Waals surface area (Å²) < 4.78 is 5.34. The summed E-state index contributed by atoms with van der Waals surface area (Å²) in [5.41, 5.74) is 1.76. The smallest absolute Gasteiger partial charge is 0.223 e. The first kappa shape index (κ1) is 14.4. The van der Waals surface area contributed by atoms with Crippen LogP contribution in [0.5, 0.6) is 5.75 Å². The summed E-state index contributed by atoms with van der Waals surface area (Å²) >= 11 is 0. The maximum absolute atomic E-state index is 11.9. The summed E-state index contributed by atoms with van der Waals surface area (Å²) in [6.45, 7) is 3.25. The van der Waals surface area contributed by atoms with Gasteiger partial charge in [0.25, 0.3) is 0 Å². The molecule has 1 aromatic rings. The fraction of sp³-hybridized carbons (Fsp3) is 0.438. The summed E-state index contributed by atoms with van der Waals surface area (Å²) in [6, 6.07) is 5.61. The molecule has 0 saturated carbocycles. The Labute approximate surface area is 119 Å². The van der Waals surface area contributed by atoms with E-state index in [1.54, 1.807) is 7.11 Å². The van der Waals surface area contributed by atoms with Crippen LogP contribution in [-0.4, -0.2) is 36.2 Å². The highest BCUT2D eigenvalue weighted by atomic mass is 16.5. The Morgan fingerprint density at radius 3 is 2.90 bits per heavy atom. The zero-order valence-electron chi connectivity index (χ0n) is 11.8. The van der Waals surface area contributed by atoms with E-state index in [0.29, 0.717) is 18.9 Å².